The summed E-state index contributed by atoms with van der Waals surface area (Å²) in [6, 6.07) is 15.4. The van der Waals surface area contributed by atoms with Gasteiger partial charge >= 0.3 is 0 Å². The van der Waals surface area contributed by atoms with Crippen molar-refractivity contribution >= 4 is 35.0 Å². The number of carbonyl (C=O) groups excluding carboxylic acids is 2. The highest BCUT2D eigenvalue weighted by molar-refractivity contribution is 7.98. The van der Waals surface area contributed by atoms with Gasteiger partial charge in [-0.05, 0) is 49.4 Å². The fourth-order valence-corrected chi connectivity index (χ4v) is 3.91. The average molecular weight is 428 g/mol. The van der Waals surface area contributed by atoms with Crippen molar-refractivity contribution in [3.63, 3.8) is 0 Å². The van der Waals surface area contributed by atoms with E-state index in [1.165, 1.54) is 0 Å². The van der Waals surface area contributed by atoms with Crippen molar-refractivity contribution in [2.45, 2.75) is 43.7 Å². The van der Waals surface area contributed by atoms with E-state index in [1.807, 2.05) is 73.5 Å². The van der Waals surface area contributed by atoms with Gasteiger partial charge in [-0.25, -0.2) is 0 Å². The van der Waals surface area contributed by atoms with Crippen LogP contribution in [0.2, 0.25) is 0 Å². The fraction of sp³-hybridized carbons (Fsp3) is 0.391. The second kappa shape index (κ2) is 10.4. The molecule has 30 heavy (non-hydrogen) atoms. The van der Waals surface area contributed by atoms with Gasteiger partial charge in [0, 0.05) is 16.6 Å². The molecule has 0 saturated heterocycles. The first-order chi connectivity index (χ1) is 14.5. The number of nitrogens with zero attached hydrogens (tertiary/aromatic N) is 1. The summed E-state index contributed by atoms with van der Waals surface area (Å²) in [5.74, 6) is 0.339. The van der Waals surface area contributed by atoms with E-state index >= 15 is 0 Å². The largest absolute Gasteiger partial charge is 0.477 e. The van der Waals surface area contributed by atoms with Crippen LogP contribution >= 0.6 is 11.8 Å². The van der Waals surface area contributed by atoms with Crippen LogP contribution in [0, 0.1) is 0 Å². The third-order valence-corrected chi connectivity index (χ3v) is 5.90. The van der Waals surface area contributed by atoms with Crippen LogP contribution < -0.4 is 20.3 Å². The molecule has 0 fully saturated rings. The monoisotopic (exact) mass is 427 g/mol. The van der Waals surface area contributed by atoms with E-state index in [0.29, 0.717) is 12.3 Å². The Morgan fingerprint density at radius 1 is 1.17 bits per heavy atom. The van der Waals surface area contributed by atoms with Crippen LogP contribution in [0.25, 0.3) is 0 Å². The molecule has 160 valence electrons. The molecule has 2 amide bonds. The maximum Gasteiger partial charge on any atom is 0.263 e. The molecule has 0 saturated carbocycles. The molecule has 0 aromatic heterocycles. The molecule has 6 nitrogen and oxygen atoms in total. The molecular weight excluding hydrogens is 398 g/mol. The standard InChI is InChI=1S/C23H29N3O3S/c1-4-16(5-2)25-23(28)21-14-26(19-11-6-7-12-20(19)29-21)15-22(27)24-17-9-8-10-18(13-17)30-3/h6-13,16,21H,4-5,14-15H2,1-3H3,(H,24,27)(H,25,28). The molecular formula is C23H29N3O3S. The molecule has 1 heterocycles. The molecule has 1 unspecified atom stereocenters. The van der Waals surface area contributed by atoms with Crippen molar-refractivity contribution in [1.29, 1.82) is 0 Å². The molecule has 3 rings (SSSR count). The van der Waals surface area contributed by atoms with Crippen LogP contribution in [0.1, 0.15) is 26.7 Å². The summed E-state index contributed by atoms with van der Waals surface area (Å²) in [4.78, 5) is 28.5. The van der Waals surface area contributed by atoms with Crippen LogP contribution in [0.15, 0.2) is 53.4 Å². The maximum atomic E-state index is 12.8. The first kappa shape index (κ1) is 22.0. The average Bonchev–Trinajstić information content (AvgIpc) is 2.77. The number of hydrogen-bond acceptors (Lipinski definition) is 5. The number of benzene rings is 2. The molecule has 1 aliphatic rings. The summed E-state index contributed by atoms with van der Waals surface area (Å²) >= 11 is 1.63. The van der Waals surface area contributed by atoms with E-state index in [1.54, 1.807) is 11.8 Å². The Bertz CT molecular complexity index is 886. The van der Waals surface area contributed by atoms with E-state index in [2.05, 4.69) is 10.6 Å². The van der Waals surface area contributed by atoms with Crippen molar-refractivity contribution < 1.29 is 14.3 Å². The van der Waals surface area contributed by atoms with Crippen molar-refractivity contribution in [1.82, 2.24) is 5.32 Å². The number of carbonyl (C=O) groups is 2. The molecule has 2 aromatic carbocycles. The highest BCUT2D eigenvalue weighted by atomic mass is 32.2. The van der Waals surface area contributed by atoms with Crippen LogP contribution in [0.3, 0.4) is 0 Å². The van der Waals surface area contributed by atoms with E-state index in [9.17, 15) is 9.59 Å². The molecule has 0 bridgehead atoms. The minimum absolute atomic E-state index is 0.124. The second-order valence-corrected chi connectivity index (χ2v) is 8.14. The van der Waals surface area contributed by atoms with E-state index in [0.717, 1.165) is 29.1 Å². The van der Waals surface area contributed by atoms with Gasteiger partial charge in [-0.2, -0.15) is 0 Å². The van der Waals surface area contributed by atoms with Crippen molar-refractivity contribution in [3.05, 3.63) is 48.5 Å². The van der Waals surface area contributed by atoms with E-state index in [4.69, 9.17) is 4.74 Å². The van der Waals surface area contributed by atoms with Gasteiger partial charge in [0.2, 0.25) is 5.91 Å². The van der Waals surface area contributed by atoms with E-state index < -0.39 is 6.10 Å². The van der Waals surface area contributed by atoms with Gasteiger partial charge in [-0.15, -0.1) is 11.8 Å². The second-order valence-electron chi connectivity index (χ2n) is 7.26. The first-order valence-corrected chi connectivity index (χ1v) is 11.5. The summed E-state index contributed by atoms with van der Waals surface area (Å²) in [5.41, 5.74) is 1.58. The zero-order valence-electron chi connectivity index (χ0n) is 17.7. The Labute approximate surface area is 182 Å². The minimum atomic E-state index is -0.659. The lowest BCUT2D eigenvalue weighted by Gasteiger charge is -2.35. The quantitative estimate of drug-likeness (QED) is 0.625. The SMILES string of the molecule is CCC(CC)NC(=O)C1CN(CC(=O)Nc2cccc(SC)c2)c2ccccc2O1. The number of ether oxygens (including phenoxy) is 1. The highest BCUT2D eigenvalue weighted by Crippen LogP contribution is 2.33. The Morgan fingerprint density at radius 2 is 1.93 bits per heavy atom. The normalized spacial score (nSPS) is 15.3. The number of nitrogens with one attached hydrogen (secondary N) is 2. The van der Waals surface area contributed by atoms with Gasteiger partial charge in [0.05, 0.1) is 18.8 Å². The highest BCUT2D eigenvalue weighted by Gasteiger charge is 2.32. The smallest absolute Gasteiger partial charge is 0.263 e. The van der Waals surface area contributed by atoms with Gasteiger partial charge in [0.25, 0.3) is 5.91 Å². The Hall–Kier alpha value is -2.67. The Morgan fingerprint density at radius 3 is 2.67 bits per heavy atom. The zero-order valence-corrected chi connectivity index (χ0v) is 18.5. The summed E-state index contributed by atoms with van der Waals surface area (Å²) in [6.45, 7) is 4.56. The topological polar surface area (TPSA) is 70.7 Å². The molecule has 1 atom stereocenters. The summed E-state index contributed by atoms with van der Waals surface area (Å²) < 4.78 is 5.96. The molecule has 1 aliphatic heterocycles. The van der Waals surface area contributed by atoms with Crippen LogP contribution in [-0.4, -0.2) is 43.3 Å². The van der Waals surface area contributed by atoms with Gasteiger partial charge in [-0.1, -0.05) is 32.0 Å². The van der Waals surface area contributed by atoms with E-state index in [-0.39, 0.29) is 24.4 Å². The lowest BCUT2D eigenvalue weighted by Crippen LogP contribution is -2.52. The molecule has 0 spiro atoms. The number of anilines is 2. The molecule has 0 aliphatic carbocycles. The van der Waals surface area contributed by atoms with Crippen molar-refractivity contribution in [3.8, 4) is 5.75 Å². The summed E-state index contributed by atoms with van der Waals surface area (Å²) in [7, 11) is 0. The lowest BCUT2D eigenvalue weighted by molar-refractivity contribution is -0.129. The fourth-order valence-electron chi connectivity index (χ4n) is 3.45. The van der Waals surface area contributed by atoms with Crippen molar-refractivity contribution in [2.24, 2.45) is 0 Å². The van der Waals surface area contributed by atoms with Crippen LogP contribution in [0.5, 0.6) is 5.75 Å². The first-order valence-electron chi connectivity index (χ1n) is 10.3. The number of amides is 2. The van der Waals surface area contributed by atoms with Crippen LogP contribution in [0.4, 0.5) is 11.4 Å². The van der Waals surface area contributed by atoms with Crippen molar-refractivity contribution in [2.75, 3.05) is 29.6 Å². The molecule has 7 heteroatoms. The van der Waals surface area contributed by atoms with Gasteiger partial charge in [0.15, 0.2) is 6.10 Å². The summed E-state index contributed by atoms with van der Waals surface area (Å²) in [5, 5.41) is 6.00. The van der Waals surface area contributed by atoms with Gasteiger partial charge in [0.1, 0.15) is 5.75 Å². The number of thioether (sulfide) groups is 1. The number of para-hydroxylation sites is 2. The maximum absolute atomic E-state index is 12.8. The Balaban J connectivity index is 1.72. The van der Waals surface area contributed by atoms with Gasteiger partial charge in [-0.3, -0.25) is 9.59 Å². The zero-order chi connectivity index (χ0) is 21.5. The van der Waals surface area contributed by atoms with Crippen LogP contribution in [-0.2, 0) is 9.59 Å². The predicted octanol–water partition coefficient (Wildman–Crippen LogP) is 3.92. The Kier molecular flexibility index (Phi) is 7.63. The number of hydrogen-bond donors (Lipinski definition) is 2. The lowest BCUT2D eigenvalue weighted by atomic mass is 10.1. The third kappa shape index (κ3) is 5.48. The summed E-state index contributed by atoms with van der Waals surface area (Å²) in [6.07, 6.45) is 3.07. The number of rotatable bonds is 8. The molecule has 0 radical (unpaired) electrons. The predicted molar refractivity (Wildman–Crippen MR) is 122 cm³/mol. The number of fused-ring (bicyclic) bond motifs is 1. The molecule has 2 aromatic rings. The molecule has 2 N–H and O–H groups in total. The third-order valence-electron chi connectivity index (χ3n) is 5.17. The van der Waals surface area contributed by atoms with Gasteiger partial charge < -0.3 is 20.3 Å². The minimum Gasteiger partial charge on any atom is -0.477 e.